The Bertz CT molecular complexity index is 253. The molecule has 0 aliphatic carbocycles. The van der Waals surface area contributed by atoms with E-state index in [-0.39, 0.29) is 6.10 Å². The number of nitrogens with zero attached hydrogens (tertiary/aromatic N) is 2. The first kappa shape index (κ1) is 9.26. The minimum Gasteiger partial charge on any atom is -0.393 e. The van der Waals surface area contributed by atoms with Crippen molar-refractivity contribution in [1.82, 2.24) is 9.78 Å². The van der Waals surface area contributed by atoms with Crippen LogP contribution in [-0.2, 0) is 13.0 Å². The van der Waals surface area contributed by atoms with Crippen LogP contribution in [0.25, 0.3) is 0 Å². The predicted molar refractivity (Wildman–Crippen MR) is 48.0 cm³/mol. The van der Waals surface area contributed by atoms with Crippen LogP contribution in [0.3, 0.4) is 0 Å². The summed E-state index contributed by atoms with van der Waals surface area (Å²) >= 11 is 0. The monoisotopic (exact) mass is 168 g/mol. The first-order chi connectivity index (χ1) is 5.63. The molecule has 1 N–H and O–H groups in total. The van der Waals surface area contributed by atoms with E-state index >= 15 is 0 Å². The zero-order valence-corrected chi connectivity index (χ0v) is 7.91. The molecule has 3 nitrogen and oxygen atoms in total. The lowest BCUT2D eigenvalue weighted by molar-refractivity contribution is 0.192. The molecule has 1 aromatic heterocycles. The standard InChI is InChI=1S/C9H16N2O/c1-4-11-9(6-8(3)12)5-7(2)10-11/h5,8,12H,4,6H2,1-3H3. The molecule has 1 atom stereocenters. The number of aliphatic hydroxyl groups is 1. The summed E-state index contributed by atoms with van der Waals surface area (Å²) in [6, 6.07) is 2.02. The van der Waals surface area contributed by atoms with Crippen LogP contribution in [0, 0.1) is 6.92 Å². The molecule has 0 aliphatic heterocycles. The number of aryl methyl sites for hydroxylation is 2. The molecule has 0 radical (unpaired) electrons. The van der Waals surface area contributed by atoms with Gasteiger partial charge in [0.1, 0.15) is 0 Å². The van der Waals surface area contributed by atoms with Crippen molar-refractivity contribution in [3.63, 3.8) is 0 Å². The molecule has 0 bridgehead atoms. The van der Waals surface area contributed by atoms with Crippen molar-refractivity contribution in [2.75, 3.05) is 0 Å². The molecule has 0 saturated carbocycles. The molecule has 1 aromatic rings. The van der Waals surface area contributed by atoms with Gasteiger partial charge in [0, 0.05) is 18.7 Å². The van der Waals surface area contributed by atoms with E-state index in [9.17, 15) is 5.11 Å². The van der Waals surface area contributed by atoms with Gasteiger partial charge in [-0.25, -0.2) is 0 Å². The van der Waals surface area contributed by atoms with Gasteiger partial charge in [-0.1, -0.05) is 0 Å². The maximum atomic E-state index is 9.19. The summed E-state index contributed by atoms with van der Waals surface area (Å²) in [5.41, 5.74) is 2.14. The van der Waals surface area contributed by atoms with Gasteiger partial charge in [0.2, 0.25) is 0 Å². The smallest absolute Gasteiger partial charge is 0.0596 e. The van der Waals surface area contributed by atoms with Crippen molar-refractivity contribution in [3.8, 4) is 0 Å². The molecule has 0 fully saturated rings. The van der Waals surface area contributed by atoms with Crippen LogP contribution in [0.2, 0.25) is 0 Å². The second-order valence-corrected chi connectivity index (χ2v) is 3.15. The summed E-state index contributed by atoms with van der Waals surface area (Å²) in [6.45, 7) is 6.69. The molecule has 3 heteroatoms. The Morgan fingerprint density at radius 3 is 2.83 bits per heavy atom. The largest absolute Gasteiger partial charge is 0.393 e. The van der Waals surface area contributed by atoms with Gasteiger partial charge in [-0.3, -0.25) is 4.68 Å². The van der Waals surface area contributed by atoms with E-state index in [2.05, 4.69) is 12.0 Å². The summed E-state index contributed by atoms with van der Waals surface area (Å²) in [5, 5.41) is 13.5. The summed E-state index contributed by atoms with van der Waals surface area (Å²) in [7, 11) is 0. The van der Waals surface area contributed by atoms with Gasteiger partial charge in [-0.15, -0.1) is 0 Å². The van der Waals surface area contributed by atoms with Gasteiger partial charge in [0.25, 0.3) is 0 Å². The third kappa shape index (κ3) is 2.08. The maximum Gasteiger partial charge on any atom is 0.0596 e. The van der Waals surface area contributed by atoms with E-state index < -0.39 is 0 Å². The Hall–Kier alpha value is -0.830. The van der Waals surface area contributed by atoms with E-state index in [1.54, 1.807) is 6.92 Å². The normalized spacial score (nSPS) is 13.3. The molecule has 0 saturated heterocycles. The van der Waals surface area contributed by atoms with E-state index in [1.165, 1.54) is 0 Å². The second kappa shape index (κ2) is 3.72. The summed E-state index contributed by atoms with van der Waals surface area (Å²) in [5.74, 6) is 0. The van der Waals surface area contributed by atoms with Crippen molar-refractivity contribution >= 4 is 0 Å². The number of hydrogen-bond acceptors (Lipinski definition) is 2. The third-order valence-corrected chi connectivity index (χ3v) is 1.79. The van der Waals surface area contributed by atoms with E-state index in [0.29, 0.717) is 6.42 Å². The third-order valence-electron chi connectivity index (χ3n) is 1.79. The molecular weight excluding hydrogens is 152 g/mol. The zero-order valence-electron chi connectivity index (χ0n) is 7.91. The Kier molecular flexibility index (Phi) is 2.87. The lowest BCUT2D eigenvalue weighted by Gasteiger charge is -2.05. The highest BCUT2D eigenvalue weighted by atomic mass is 16.3. The molecule has 1 unspecified atom stereocenters. The van der Waals surface area contributed by atoms with Crippen molar-refractivity contribution in [3.05, 3.63) is 17.5 Å². The van der Waals surface area contributed by atoms with Crippen molar-refractivity contribution in [1.29, 1.82) is 0 Å². The fourth-order valence-electron chi connectivity index (χ4n) is 1.34. The van der Waals surface area contributed by atoms with Gasteiger partial charge in [0.05, 0.1) is 11.8 Å². The predicted octanol–water partition coefficient (Wildman–Crippen LogP) is 1.13. The lowest BCUT2D eigenvalue weighted by Crippen LogP contribution is -2.10. The zero-order chi connectivity index (χ0) is 9.14. The maximum absolute atomic E-state index is 9.19. The van der Waals surface area contributed by atoms with Crippen molar-refractivity contribution < 1.29 is 5.11 Å². The highest BCUT2D eigenvalue weighted by Crippen LogP contribution is 2.06. The Balaban J connectivity index is 2.81. The van der Waals surface area contributed by atoms with E-state index in [4.69, 9.17) is 0 Å². The topological polar surface area (TPSA) is 38.0 Å². The van der Waals surface area contributed by atoms with Crippen LogP contribution >= 0.6 is 0 Å². The number of hydrogen-bond donors (Lipinski definition) is 1. The van der Waals surface area contributed by atoms with Crippen LogP contribution in [0.4, 0.5) is 0 Å². The first-order valence-electron chi connectivity index (χ1n) is 4.35. The first-order valence-corrected chi connectivity index (χ1v) is 4.35. The van der Waals surface area contributed by atoms with E-state index in [1.807, 2.05) is 17.7 Å². The van der Waals surface area contributed by atoms with Crippen LogP contribution in [0.1, 0.15) is 25.2 Å². The van der Waals surface area contributed by atoms with Crippen LogP contribution in [0.5, 0.6) is 0 Å². The number of aromatic nitrogens is 2. The minimum absolute atomic E-state index is 0.286. The van der Waals surface area contributed by atoms with E-state index in [0.717, 1.165) is 17.9 Å². The Labute approximate surface area is 73.0 Å². The molecule has 1 heterocycles. The molecule has 12 heavy (non-hydrogen) atoms. The van der Waals surface area contributed by atoms with Gasteiger partial charge in [-0.05, 0) is 26.8 Å². The lowest BCUT2D eigenvalue weighted by atomic mass is 10.2. The summed E-state index contributed by atoms with van der Waals surface area (Å²) < 4.78 is 1.93. The minimum atomic E-state index is -0.286. The van der Waals surface area contributed by atoms with Crippen LogP contribution < -0.4 is 0 Å². The SMILES string of the molecule is CCn1nc(C)cc1CC(C)O. The average molecular weight is 168 g/mol. The van der Waals surface area contributed by atoms with Gasteiger partial charge in [0.15, 0.2) is 0 Å². The van der Waals surface area contributed by atoms with Crippen LogP contribution in [-0.4, -0.2) is 21.0 Å². The Morgan fingerprint density at radius 2 is 2.33 bits per heavy atom. The van der Waals surface area contributed by atoms with Crippen molar-refractivity contribution in [2.45, 2.75) is 39.8 Å². The molecule has 0 spiro atoms. The molecule has 0 amide bonds. The number of rotatable bonds is 3. The molecule has 68 valence electrons. The molecule has 0 aromatic carbocycles. The highest BCUT2D eigenvalue weighted by Gasteiger charge is 2.06. The second-order valence-electron chi connectivity index (χ2n) is 3.15. The van der Waals surface area contributed by atoms with Gasteiger partial charge >= 0.3 is 0 Å². The quantitative estimate of drug-likeness (QED) is 0.734. The average Bonchev–Trinajstić information content (AvgIpc) is 2.29. The molecular formula is C9H16N2O. The van der Waals surface area contributed by atoms with Crippen molar-refractivity contribution in [2.24, 2.45) is 0 Å². The Morgan fingerprint density at radius 1 is 1.67 bits per heavy atom. The summed E-state index contributed by atoms with van der Waals surface area (Å²) in [4.78, 5) is 0. The fourth-order valence-corrected chi connectivity index (χ4v) is 1.34. The van der Waals surface area contributed by atoms with Crippen LogP contribution in [0.15, 0.2) is 6.07 Å². The fraction of sp³-hybridized carbons (Fsp3) is 0.667. The molecule has 1 rings (SSSR count). The van der Waals surface area contributed by atoms with Gasteiger partial charge in [-0.2, -0.15) is 5.10 Å². The highest BCUT2D eigenvalue weighted by molar-refractivity contribution is 5.09. The van der Waals surface area contributed by atoms with Gasteiger partial charge < -0.3 is 5.11 Å². The number of aliphatic hydroxyl groups excluding tert-OH is 1. The summed E-state index contributed by atoms with van der Waals surface area (Å²) in [6.07, 6.45) is 0.403. The molecule has 0 aliphatic rings.